The first kappa shape index (κ1) is 12.8. The molecular formula is C11H18N4O3. The van der Waals surface area contributed by atoms with Crippen LogP contribution in [0.1, 0.15) is 25.7 Å². The topological polar surface area (TPSA) is 84.4 Å². The van der Waals surface area contributed by atoms with E-state index in [1.165, 1.54) is 10.9 Å². The fourth-order valence-electron chi connectivity index (χ4n) is 2.20. The lowest BCUT2D eigenvalue weighted by Crippen LogP contribution is -2.41. The minimum absolute atomic E-state index is 0.0438. The van der Waals surface area contributed by atoms with Gasteiger partial charge in [0.1, 0.15) is 6.20 Å². The second kappa shape index (κ2) is 5.34. The molecule has 0 bridgehead atoms. The lowest BCUT2D eigenvalue weighted by atomic mass is 9.91. The minimum Gasteiger partial charge on any atom is -0.396 e. The Morgan fingerprint density at radius 2 is 2.39 bits per heavy atom. The van der Waals surface area contributed by atoms with Crippen molar-refractivity contribution in [2.24, 2.45) is 7.05 Å². The van der Waals surface area contributed by atoms with Crippen LogP contribution in [0.15, 0.2) is 6.20 Å². The molecule has 0 spiro atoms. The van der Waals surface area contributed by atoms with Crippen molar-refractivity contribution in [2.45, 2.75) is 31.7 Å². The van der Waals surface area contributed by atoms with E-state index in [1.807, 2.05) is 4.90 Å². The zero-order valence-corrected chi connectivity index (χ0v) is 10.4. The van der Waals surface area contributed by atoms with E-state index in [0.717, 1.165) is 19.3 Å². The molecule has 1 aromatic heterocycles. The van der Waals surface area contributed by atoms with Crippen molar-refractivity contribution in [1.82, 2.24) is 9.78 Å². The standard InChI is InChI=1S/C11H18N4O3/c1-13-8-10(15(17)18)11(12-13)14(6-3-7-16)9-4-2-5-9/h8-9,16H,2-7H2,1H3. The predicted molar refractivity (Wildman–Crippen MR) is 66.6 cm³/mol. The summed E-state index contributed by atoms with van der Waals surface area (Å²) in [5.74, 6) is 0.431. The molecule has 1 N–H and O–H groups in total. The largest absolute Gasteiger partial charge is 0.396 e. The Morgan fingerprint density at radius 1 is 1.67 bits per heavy atom. The second-order valence-corrected chi connectivity index (χ2v) is 4.62. The molecule has 0 unspecified atom stereocenters. The lowest BCUT2D eigenvalue weighted by molar-refractivity contribution is -0.384. The van der Waals surface area contributed by atoms with Crippen molar-refractivity contribution >= 4 is 11.5 Å². The molecule has 0 radical (unpaired) electrons. The average Bonchev–Trinajstić information content (AvgIpc) is 2.63. The van der Waals surface area contributed by atoms with Gasteiger partial charge in [0.15, 0.2) is 0 Å². The zero-order chi connectivity index (χ0) is 13.1. The van der Waals surface area contributed by atoms with Gasteiger partial charge >= 0.3 is 5.69 Å². The summed E-state index contributed by atoms with van der Waals surface area (Å²) in [5.41, 5.74) is 0.0438. The first-order valence-corrected chi connectivity index (χ1v) is 6.19. The van der Waals surface area contributed by atoms with Crippen LogP contribution in [0.4, 0.5) is 11.5 Å². The van der Waals surface area contributed by atoms with Crippen molar-refractivity contribution < 1.29 is 10.0 Å². The fourth-order valence-corrected chi connectivity index (χ4v) is 2.20. The Morgan fingerprint density at radius 3 is 2.89 bits per heavy atom. The highest BCUT2D eigenvalue weighted by atomic mass is 16.6. The van der Waals surface area contributed by atoms with Gasteiger partial charge < -0.3 is 10.0 Å². The van der Waals surface area contributed by atoms with Crippen molar-refractivity contribution in [2.75, 3.05) is 18.1 Å². The predicted octanol–water partition coefficient (Wildman–Crippen LogP) is 1.07. The molecule has 0 saturated heterocycles. The van der Waals surface area contributed by atoms with Crippen LogP contribution < -0.4 is 4.90 Å². The van der Waals surface area contributed by atoms with Gasteiger partial charge in [0.05, 0.1) is 4.92 Å². The highest BCUT2D eigenvalue weighted by Crippen LogP contribution is 2.33. The number of hydrogen-bond donors (Lipinski definition) is 1. The fraction of sp³-hybridized carbons (Fsp3) is 0.727. The van der Waals surface area contributed by atoms with Gasteiger partial charge in [-0.1, -0.05) is 0 Å². The molecule has 1 aromatic rings. The quantitative estimate of drug-likeness (QED) is 0.606. The SMILES string of the molecule is Cn1cc([N+](=O)[O-])c(N(CCCO)C2CCC2)n1. The van der Waals surface area contributed by atoms with E-state index in [9.17, 15) is 10.1 Å². The average molecular weight is 254 g/mol. The van der Waals surface area contributed by atoms with Crippen LogP contribution in [0.5, 0.6) is 0 Å². The van der Waals surface area contributed by atoms with E-state index in [4.69, 9.17) is 5.11 Å². The number of nitro groups is 1. The molecule has 7 heteroatoms. The van der Waals surface area contributed by atoms with Crippen LogP contribution in [-0.2, 0) is 7.05 Å². The number of aliphatic hydroxyl groups excluding tert-OH is 1. The summed E-state index contributed by atoms with van der Waals surface area (Å²) in [7, 11) is 1.68. The van der Waals surface area contributed by atoms with Crippen molar-refractivity contribution in [3.8, 4) is 0 Å². The van der Waals surface area contributed by atoms with Crippen LogP contribution in [0, 0.1) is 10.1 Å². The van der Waals surface area contributed by atoms with Gasteiger partial charge in [0.2, 0.25) is 5.82 Å². The van der Waals surface area contributed by atoms with Crippen molar-refractivity contribution in [1.29, 1.82) is 0 Å². The second-order valence-electron chi connectivity index (χ2n) is 4.62. The Bertz CT molecular complexity index is 428. The molecule has 18 heavy (non-hydrogen) atoms. The van der Waals surface area contributed by atoms with Gasteiger partial charge in [-0.25, -0.2) is 0 Å². The molecule has 2 rings (SSSR count). The third-order valence-corrected chi connectivity index (χ3v) is 3.33. The highest BCUT2D eigenvalue weighted by Gasteiger charge is 2.31. The summed E-state index contributed by atoms with van der Waals surface area (Å²) in [5, 5.41) is 24.2. The smallest absolute Gasteiger partial charge is 0.330 e. The van der Waals surface area contributed by atoms with Gasteiger partial charge in [-0.3, -0.25) is 14.8 Å². The third-order valence-electron chi connectivity index (χ3n) is 3.33. The van der Waals surface area contributed by atoms with E-state index in [-0.39, 0.29) is 12.3 Å². The highest BCUT2D eigenvalue weighted by molar-refractivity contribution is 5.57. The summed E-state index contributed by atoms with van der Waals surface area (Å²) >= 11 is 0. The molecule has 1 saturated carbocycles. The Balaban J connectivity index is 2.25. The summed E-state index contributed by atoms with van der Waals surface area (Å²) in [6, 6.07) is 0.324. The van der Waals surface area contributed by atoms with E-state index in [1.54, 1.807) is 7.05 Å². The third kappa shape index (κ3) is 2.45. The number of aliphatic hydroxyl groups is 1. The number of hydrogen-bond acceptors (Lipinski definition) is 5. The molecule has 0 aliphatic heterocycles. The zero-order valence-electron chi connectivity index (χ0n) is 10.4. The Labute approximate surface area is 105 Å². The maximum Gasteiger partial charge on any atom is 0.330 e. The van der Waals surface area contributed by atoms with Crippen LogP contribution in [-0.4, -0.2) is 39.0 Å². The number of nitrogens with zero attached hydrogens (tertiary/aromatic N) is 4. The molecule has 0 amide bonds. The maximum atomic E-state index is 11.0. The number of rotatable bonds is 6. The monoisotopic (exact) mass is 254 g/mol. The van der Waals surface area contributed by atoms with Crippen molar-refractivity contribution in [3.63, 3.8) is 0 Å². The number of anilines is 1. The summed E-state index contributed by atoms with van der Waals surface area (Å²) in [4.78, 5) is 12.6. The van der Waals surface area contributed by atoms with Crippen molar-refractivity contribution in [3.05, 3.63) is 16.3 Å². The van der Waals surface area contributed by atoms with E-state index in [2.05, 4.69) is 5.10 Å². The molecule has 1 heterocycles. The van der Waals surface area contributed by atoms with E-state index < -0.39 is 4.92 Å². The molecule has 1 aliphatic carbocycles. The minimum atomic E-state index is -0.396. The number of aromatic nitrogens is 2. The number of aryl methyl sites for hydroxylation is 1. The molecule has 7 nitrogen and oxygen atoms in total. The van der Waals surface area contributed by atoms with Crippen LogP contribution in [0.25, 0.3) is 0 Å². The molecule has 1 aliphatic rings. The molecule has 100 valence electrons. The molecule has 0 aromatic carbocycles. The van der Waals surface area contributed by atoms with E-state index in [0.29, 0.717) is 24.8 Å². The lowest BCUT2D eigenvalue weighted by Gasteiger charge is -2.37. The van der Waals surface area contributed by atoms with Gasteiger partial charge in [0.25, 0.3) is 0 Å². The van der Waals surface area contributed by atoms with Gasteiger partial charge in [0, 0.05) is 26.2 Å². The first-order chi connectivity index (χ1) is 8.63. The summed E-state index contributed by atoms with van der Waals surface area (Å²) < 4.78 is 1.47. The summed E-state index contributed by atoms with van der Waals surface area (Å²) in [6.07, 6.45) is 5.27. The molecule has 0 atom stereocenters. The van der Waals surface area contributed by atoms with Crippen LogP contribution in [0.2, 0.25) is 0 Å². The van der Waals surface area contributed by atoms with Gasteiger partial charge in [-0.15, -0.1) is 5.10 Å². The molecular weight excluding hydrogens is 236 g/mol. The van der Waals surface area contributed by atoms with Gasteiger partial charge in [-0.05, 0) is 25.7 Å². The van der Waals surface area contributed by atoms with E-state index >= 15 is 0 Å². The maximum absolute atomic E-state index is 11.0. The van der Waals surface area contributed by atoms with Crippen LogP contribution >= 0.6 is 0 Å². The Kier molecular flexibility index (Phi) is 3.81. The normalized spacial score (nSPS) is 15.4. The van der Waals surface area contributed by atoms with Crippen LogP contribution in [0.3, 0.4) is 0 Å². The van der Waals surface area contributed by atoms with Gasteiger partial charge in [-0.2, -0.15) is 0 Å². The molecule has 1 fully saturated rings. The Hall–Kier alpha value is -1.63. The summed E-state index contributed by atoms with van der Waals surface area (Å²) in [6.45, 7) is 0.697. The first-order valence-electron chi connectivity index (χ1n) is 6.19.